The van der Waals surface area contributed by atoms with Crippen LogP contribution in [0.5, 0.6) is 0 Å². The molecule has 0 atom stereocenters. The number of carbonyl (C=O) groups is 1. The Hall–Kier alpha value is -1.14. The summed E-state index contributed by atoms with van der Waals surface area (Å²) < 4.78 is 0.244. The maximum atomic E-state index is 12.1. The molecule has 2 heterocycles. The number of nitrogens with zero attached hydrogens (tertiary/aromatic N) is 2. The van der Waals surface area contributed by atoms with E-state index in [1.54, 1.807) is 0 Å². The van der Waals surface area contributed by atoms with Gasteiger partial charge in [0.25, 0.3) is 5.91 Å². The molecule has 0 radical (unpaired) electrons. The highest BCUT2D eigenvalue weighted by Gasteiger charge is 2.43. The van der Waals surface area contributed by atoms with Crippen molar-refractivity contribution in [3.63, 3.8) is 0 Å². The van der Waals surface area contributed by atoms with Crippen molar-refractivity contribution in [1.82, 2.24) is 4.90 Å². The maximum Gasteiger partial charge on any atom is 0.268 e. The van der Waals surface area contributed by atoms with E-state index in [2.05, 4.69) is 5.16 Å². The second kappa shape index (κ2) is 6.75. The van der Waals surface area contributed by atoms with Crippen molar-refractivity contribution in [1.29, 1.82) is 0 Å². The molecule has 3 rings (SSSR count). The topological polar surface area (TPSA) is 41.9 Å². The number of hydrogen-bond acceptors (Lipinski definition) is 5. The Kier molecular flexibility index (Phi) is 4.75. The molecule has 1 aromatic carbocycles. The number of oxime groups is 1. The zero-order valence-electron chi connectivity index (χ0n) is 11.7. The summed E-state index contributed by atoms with van der Waals surface area (Å²) >= 11 is 3.98. The molecule has 2 saturated heterocycles. The standard InChI is InChI=1S/C15H18N2O2S2/c18-14(10-16-19-11-13-4-2-1-3-5-13)17-7-6-15(12-17)20-8-9-21-15/h1-5,10H,6-9,11-12H2/b16-10+. The summed E-state index contributed by atoms with van der Waals surface area (Å²) in [5, 5.41) is 3.80. The number of rotatable bonds is 4. The predicted octanol–water partition coefficient (Wildman–Crippen LogP) is 2.60. The van der Waals surface area contributed by atoms with Crippen LogP contribution < -0.4 is 0 Å². The molecular weight excluding hydrogens is 304 g/mol. The molecule has 0 bridgehead atoms. The van der Waals surface area contributed by atoms with Crippen molar-refractivity contribution >= 4 is 35.6 Å². The molecule has 4 nitrogen and oxygen atoms in total. The number of hydrogen-bond donors (Lipinski definition) is 0. The van der Waals surface area contributed by atoms with Gasteiger partial charge in [0.2, 0.25) is 0 Å². The van der Waals surface area contributed by atoms with Crippen LogP contribution in [0.1, 0.15) is 12.0 Å². The molecule has 0 saturated carbocycles. The zero-order chi connectivity index (χ0) is 14.5. The molecule has 1 amide bonds. The maximum absolute atomic E-state index is 12.1. The Morgan fingerprint density at radius 1 is 1.33 bits per heavy atom. The van der Waals surface area contributed by atoms with Gasteiger partial charge in [-0.2, -0.15) is 0 Å². The second-order valence-corrected chi connectivity index (χ2v) is 8.33. The fraction of sp³-hybridized carbons (Fsp3) is 0.467. The fourth-order valence-electron chi connectivity index (χ4n) is 2.53. The van der Waals surface area contributed by atoms with Crippen LogP contribution in [0.15, 0.2) is 35.5 Å². The van der Waals surface area contributed by atoms with Gasteiger partial charge >= 0.3 is 0 Å². The molecule has 2 aliphatic heterocycles. The molecule has 1 aromatic rings. The van der Waals surface area contributed by atoms with Crippen LogP contribution in [-0.2, 0) is 16.2 Å². The molecule has 112 valence electrons. The highest BCUT2D eigenvalue weighted by molar-refractivity contribution is 8.21. The Morgan fingerprint density at radius 2 is 2.10 bits per heavy atom. The molecule has 21 heavy (non-hydrogen) atoms. The Balaban J connectivity index is 1.45. The first kappa shape index (κ1) is 14.8. The van der Waals surface area contributed by atoms with Crippen LogP contribution in [0.4, 0.5) is 0 Å². The minimum absolute atomic E-state index is 0.0481. The van der Waals surface area contributed by atoms with Gasteiger partial charge in [-0.05, 0) is 12.0 Å². The lowest BCUT2D eigenvalue weighted by atomic mass is 10.2. The van der Waals surface area contributed by atoms with Crippen molar-refractivity contribution in [2.75, 3.05) is 24.6 Å². The van der Waals surface area contributed by atoms with Crippen LogP contribution in [0.2, 0.25) is 0 Å². The van der Waals surface area contributed by atoms with Gasteiger partial charge in [0, 0.05) is 24.6 Å². The number of likely N-dealkylation sites (tertiary alicyclic amines) is 1. The van der Waals surface area contributed by atoms with E-state index in [1.165, 1.54) is 17.7 Å². The molecule has 0 unspecified atom stereocenters. The lowest BCUT2D eigenvalue weighted by Crippen LogP contribution is -2.32. The van der Waals surface area contributed by atoms with Gasteiger partial charge in [-0.1, -0.05) is 35.5 Å². The Labute approximate surface area is 133 Å². The SMILES string of the molecule is O=C(/C=N/OCc1ccccc1)N1CCC2(C1)SCCS2. The quantitative estimate of drug-likeness (QED) is 0.631. The van der Waals surface area contributed by atoms with Gasteiger partial charge < -0.3 is 9.74 Å². The first-order chi connectivity index (χ1) is 10.3. The van der Waals surface area contributed by atoms with Gasteiger partial charge in [-0.3, -0.25) is 4.79 Å². The number of thioether (sulfide) groups is 2. The first-order valence-corrected chi connectivity index (χ1v) is 9.01. The van der Waals surface area contributed by atoms with Crippen molar-refractivity contribution in [2.45, 2.75) is 17.1 Å². The highest BCUT2D eigenvalue weighted by atomic mass is 32.2. The zero-order valence-corrected chi connectivity index (χ0v) is 13.4. The minimum Gasteiger partial charge on any atom is -0.391 e. The smallest absolute Gasteiger partial charge is 0.268 e. The largest absolute Gasteiger partial charge is 0.391 e. The van der Waals surface area contributed by atoms with Crippen LogP contribution in [0.25, 0.3) is 0 Å². The average molecular weight is 322 g/mol. The van der Waals surface area contributed by atoms with Gasteiger partial charge in [-0.25, -0.2) is 0 Å². The lowest BCUT2D eigenvalue weighted by molar-refractivity contribution is -0.122. The molecule has 1 spiro atoms. The summed E-state index contributed by atoms with van der Waals surface area (Å²) in [6.45, 7) is 2.04. The monoisotopic (exact) mass is 322 g/mol. The van der Waals surface area contributed by atoms with E-state index in [0.29, 0.717) is 6.61 Å². The van der Waals surface area contributed by atoms with Gasteiger partial charge in [0.15, 0.2) is 0 Å². The van der Waals surface area contributed by atoms with Gasteiger partial charge in [0.05, 0.1) is 4.08 Å². The summed E-state index contributed by atoms with van der Waals surface area (Å²) in [4.78, 5) is 19.1. The Bertz CT molecular complexity index is 516. The Morgan fingerprint density at radius 3 is 2.86 bits per heavy atom. The summed E-state index contributed by atoms with van der Waals surface area (Å²) in [6, 6.07) is 9.80. The fourth-order valence-corrected chi connectivity index (χ4v) is 5.73. The summed E-state index contributed by atoms with van der Waals surface area (Å²) in [7, 11) is 0. The van der Waals surface area contributed by atoms with E-state index in [9.17, 15) is 4.79 Å². The molecule has 0 aliphatic carbocycles. The normalized spacial score (nSPS) is 20.5. The first-order valence-electron chi connectivity index (χ1n) is 7.04. The van der Waals surface area contributed by atoms with E-state index in [4.69, 9.17) is 4.84 Å². The van der Waals surface area contributed by atoms with Crippen LogP contribution in [-0.4, -0.2) is 45.7 Å². The van der Waals surface area contributed by atoms with Crippen LogP contribution >= 0.6 is 23.5 Å². The molecule has 2 fully saturated rings. The third-order valence-corrected chi connectivity index (χ3v) is 7.13. The predicted molar refractivity (Wildman–Crippen MR) is 88.6 cm³/mol. The van der Waals surface area contributed by atoms with Crippen LogP contribution in [0, 0.1) is 0 Å². The summed E-state index contributed by atoms with van der Waals surface area (Å²) in [5.41, 5.74) is 1.04. The third-order valence-electron chi connectivity index (χ3n) is 3.63. The third kappa shape index (κ3) is 3.74. The number of benzene rings is 1. The summed E-state index contributed by atoms with van der Waals surface area (Å²) in [6.07, 6.45) is 2.37. The number of carbonyl (C=O) groups excluding carboxylic acids is 1. The number of amides is 1. The van der Waals surface area contributed by atoms with Gasteiger partial charge in [-0.15, -0.1) is 23.5 Å². The van der Waals surface area contributed by atoms with E-state index >= 15 is 0 Å². The molecule has 0 aromatic heterocycles. The molecule has 0 N–H and O–H groups in total. The summed E-state index contributed by atoms with van der Waals surface area (Å²) in [5.74, 6) is 2.34. The van der Waals surface area contributed by atoms with Crippen molar-refractivity contribution in [3.8, 4) is 0 Å². The van der Waals surface area contributed by atoms with Crippen molar-refractivity contribution < 1.29 is 9.63 Å². The van der Waals surface area contributed by atoms with Crippen LogP contribution in [0.3, 0.4) is 0 Å². The van der Waals surface area contributed by atoms with E-state index in [-0.39, 0.29) is 9.99 Å². The average Bonchev–Trinajstić information content (AvgIpc) is 3.15. The molecule has 2 aliphatic rings. The van der Waals surface area contributed by atoms with E-state index < -0.39 is 0 Å². The highest BCUT2D eigenvalue weighted by Crippen LogP contribution is 2.49. The van der Waals surface area contributed by atoms with Crippen molar-refractivity contribution in [2.24, 2.45) is 5.16 Å². The minimum atomic E-state index is -0.0481. The second-order valence-electron chi connectivity index (χ2n) is 5.11. The van der Waals surface area contributed by atoms with E-state index in [1.807, 2.05) is 58.8 Å². The van der Waals surface area contributed by atoms with E-state index in [0.717, 1.165) is 25.1 Å². The van der Waals surface area contributed by atoms with Crippen molar-refractivity contribution in [3.05, 3.63) is 35.9 Å². The molecule has 6 heteroatoms. The molecular formula is C15H18N2O2S2. The lowest BCUT2D eigenvalue weighted by Gasteiger charge is -2.20. The van der Waals surface area contributed by atoms with Gasteiger partial charge in [0.1, 0.15) is 12.8 Å².